The van der Waals surface area contributed by atoms with E-state index >= 15 is 0 Å². The van der Waals surface area contributed by atoms with E-state index in [1.807, 2.05) is 11.3 Å². The van der Waals surface area contributed by atoms with Gasteiger partial charge in [0.15, 0.2) is 0 Å². The van der Waals surface area contributed by atoms with Crippen LogP contribution in [0.25, 0.3) is 0 Å². The van der Waals surface area contributed by atoms with Crippen LogP contribution in [0, 0.1) is 0 Å². The molecule has 0 aliphatic carbocycles. The van der Waals surface area contributed by atoms with Gasteiger partial charge >= 0.3 is 0 Å². The summed E-state index contributed by atoms with van der Waals surface area (Å²) in [6.07, 6.45) is 6.30. The summed E-state index contributed by atoms with van der Waals surface area (Å²) in [5.41, 5.74) is 1.33. The highest BCUT2D eigenvalue weighted by molar-refractivity contribution is 7.11. The Morgan fingerprint density at radius 1 is 1.44 bits per heavy atom. The highest BCUT2D eigenvalue weighted by atomic mass is 32.1. The van der Waals surface area contributed by atoms with Crippen LogP contribution in [0.5, 0.6) is 0 Å². The van der Waals surface area contributed by atoms with E-state index in [0.717, 1.165) is 32.5 Å². The normalized spacial score (nSPS) is 25.4. The molecule has 2 aliphatic rings. The second-order valence-electron chi connectivity index (χ2n) is 4.60. The number of nitrogens with zero attached hydrogens (tertiary/aromatic N) is 1. The van der Waals surface area contributed by atoms with Gasteiger partial charge in [-0.05, 0) is 19.3 Å². The number of nitrogens with one attached hydrogen (secondary N) is 1. The first-order chi connectivity index (χ1) is 7.92. The Balaban J connectivity index is 1.67. The SMILES string of the molecule is C1CCC(Cc2nc3c(s2)CNCC3)OC1. The fraction of sp³-hybridized carbons (Fsp3) is 0.750. The third kappa shape index (κ3) is 2.29. The smallest absolute Gasteiger partial charge is 0.0957 e. The second-order valence-corrected chi connectivity index (χ2v) is 5.77. The lowest BCUT2D eigenvalue weighted by Crippen LogP contribution is -2.22. The average molecular weight is 238 g/mol. The van der Waals surface area contributed by atoms with E-state index in [4.69, 9.17) is 9.72 Å². The first-order valence-corrected chi connectivity index (χ1v) is 7.03. The summed E-state index contributed by atoms with van der Waals surface area (Å²) in [6, 6.07) is 0. The molecule has 3 rings (SSSR count). The Hall–Kier alpha value is -0.450. The molecule has 2 aliphatic heterocycles. The van der Waals surface area contributed by atoms with Crippen molar-refractivity contribution in [1.82, 2.24) is 10.3 Å². The molecule has 1 fully saturated rings. The van der Waals surface area contributed by atoms with Crippen molar-refractivity contribution in [2.75, 3.05) is 13.2 Å². The first-order valence-electron chi connectivity index (χ1n) is 6.21. The molecule has 1 saturated heterocycles. The molecule has 3 heterocycles. The zero-order valence-corrected chi connectivity index (χ0v) is 10.3. The van der Waals surface area contributed by atoms with Crippen LogP contribution in [0.4, 0.5) is 0 Å². The van der Waals surface area contributed by atoms with Gasteiger partial charge in [-0.25, -0.2) is 4.98 Å². The fourth-order valence-corrected chi connectivity index (χ4v) is 3.58. The molecule has 1 aromatic heterocycles. The van der Waals surface area contributed by atoms with Gasteiger partial charge in [0.1, 0.15) is 0 Å². The zero-order valence-electron chi connectivity index (χ0n) is 9.50. The summed E-state index contributed by atoms with van der Waals surface area (Å²) < 4.78 is 5.76. The van der Waals surface area contributed by atoms with E-state index in [0.29, 0.717) is 6.10 Å². The molecule has 16 heavy (non-hydrogen) atoms. The summed E-state index contributed by atoms with van der Waals surface area (Å²) in [7, 11) is 0. The van der Waals surface area contributed by atoms with Crippen molar-refractivity contribution in [3.63, 3.8) is 0 Å². The molecule has 1 unspecified atom stereocenters. The molecule has 0 spiro atoms. The van der Waals surface area contributed by atoms with Gasteiger partial charge in [0.25, 0.3) is 0 Å². The molecule has 1 atom stereocenters. The zero-order chi connectivity index (χ0) is 10.8. The Kier molecular flexibility index (Phi) is 3.22. The van der Waals surface area contributed by atoms with Gasteiger partial charge in [-0.15, -0.1) is 11.3 Å². The molecule has 0 radical (unpaired) electrons. The highest BCUT2D eigenvalue weighted by Gasteiger charge is 2.19. The van der Waals surface area contributed by atoms with E-state index in [-0.39, 0.29) is 0 Å². The number of hydrogen-bond donors (Lipinski definition) is 1. The van der Waals surface area contributed by atoms with Gasteiger partial charge in [-0.1, -0.05) is 0 Å². The summed E-state index contributed by atoms with van der Waals surface area (Å²) in [5.74, 6) is 0. The van der Waals surface area contributed by atoms with Gasteiger partial charge in [-0.3, -0.25) is 0 Å². The van der Waals surface area contributed by atoms with Crippen LogP contribution >= 0.6 is 11.3 Å². The molecule has 0 amide bonds. The van der Waals surface area contributed by atoms with E-state index in [9.17, 15) is 0 Å². The molecule has 4 heteroatoms. The summed E-state index contributed by atoms with van der Waals surface area (Å²) in [5, 5.41) is 4.68. The summed E-state index contributed by atoms with van der Waals surface area (Å²) in [6.45, 7) is 3.03. The average Bonchev–Trinajstić information content (AvgIpc) is 2.72. The minimum absolute atomic E-state index is 0.425. The predicted octanol–water partition coefficient (Wildman–Crippen LogP) is 1.90. The lowest BCUT2D eigenvalue weighted by Gasteiger charge is -2.21. The van der Waals surface area contributed by atoms with Crippen molar-refractivity contribution in [3.8, 4) is 0 Å². The summed E-state index contributed by atoms with van der Waals surface area (Å²) in [4.78, 5) is 6.19. The largest absolute Gasteiger partial charge is 0.378 e. The maximum atomic E-state index is 5.76. The fourth-order valence-electron chi connectivity index (χ4n) is 2.43. The van der Waals surface area contributed by atoms with E-state index < -0.39 is 0 Å². The lowest BCUT2D eigenvalue weighted by molar-refractivity contribution is 0.0167. The van der Waals surface area contributed by atoms with Crippen molar-refractivity contribution in [3.05, 3.63) is 15.6 Å². The number of aromatic nitrogens is 1. The van der Waals surface area contributed by atoms with Crippen LogP contribution in [0.2, 0.25) is 0 Å². The standard InChI is InChI=1S/C12H18N2OS/c1-2-6-15-9(3-1)7-12-14-10-4-5-13-8-11(10)16-12/h9,13H,1-8H2. The Morgan fingerprint density at radius 2 is 2.44 bits per heavy atom. The third-order valence-electron chi connectivity index (χ3n) is 3.32. The Morgan fingerprint density at radius 3 is 3.25 bits per heavy atom. The van der Waals surface area contributed by atoms with Gasteiger partial charge in [-0.2, -0.15) is 0 Å². The van der Waals surface area contributed by atoms with Crippen molar-refractivity contribution < 1.29 is 4.74 Å². The van der Waals surface area contributed by atoms with Crippen molar-refractivity contribution in [2.24, 2.45) is 0 Å². The minimum atomic E-state index is 0.425. The molecular formula is C12H18N2OS. The number of fused-ring (bicyclic) bond motifs is 1. The first kappa shape index (κ1) is 10.7. The van der Waals surface area contributed by atoms with Crippen LogP contribution in [0.1, 0.15) is 34.8 Å². The molecular weight excluding hydrogens is 220 g/mol. The molecule has 3 nitrogen and oxygen atoms in total. The number of rotatable bonds is 2. The second kappa shape index (κ2) is 4.82. The van der Waals surface area contributed by atoms with Crippen LogP contribution in [-0.2, 0) is 24.1 Å². The predicted molar refractivity (Wildman–Crippen MR) is 64.8 cm³/mol. The van der Waals surface area contributed by atoms with Gasteiger partial charge < -0.3 is 10.1 Å². The Labute approximate surface area is 100 Å². The van der Waals surface area contributed by atoms with Crippen LogP contribution in [0.15, 0.2) is 0 Å². The molecule has 88 valence electrons. The van der Waals surface area contributed by atoms with Crippen LogP contribution < -0.4 is 5.32 Å². The van der Waals surface area contributed by atoms with Crippen molar-refractivity contribution in [1.29, 1.82) is 0 Å². The molecule has 0 aromatic carbocycles. The highest BCUT2D eigenvalue weighted by Crippen LogP contribution is 2.25. The number of hydrogen-bond acceptors (Lipinski definition) is 4. The van der Waals surface area contributed by atoms with E-state index in [1.165, 1.54) is 34.8 Å². The molecule has 1 N–H and O–H groups in total. The lowest BCUT2D eigenvalue weighted by atomic mass is 10.1. The molecule has 1 aromatic rings. The van der Waals surface area contributed by atoms with Crippen LogP contribution in [0.3, 0.4) is 0 Å². The topological polar surface area (TPSA) is 34.2 Å². The summed E-state index contributed by atoms with van der Waals surface area (Å²) >= 11 is 1.88. The molecule has 0 bridgehead atoms. The Bertz CT molecular complexity index is 334. The minimum Gasteiger partial charge on any atom is -0.378 e. The van der Waals surface area contributed by atoms with Crippen molar-refractivity contribution >= 4 is 11.3 Å². The third-order valence-corrected chi connectivity index (χ3v) is 4.44. The maximum absolute atomic E-state index is 5.76. The molecule has 0 saturated carbocycles. The van der Waals surface area contributed by atoms with E-state index in [2.05, 4.69) is 5.32 Å². The van der Waals surface area contributed by atoms with E-state index in [1.54, 1.807) is 0 Å². The van der Waals surface area contributed by atoms with Gasteiger partial charge in [0.05, 0.1) is 16.8 Å². The maximum Gasteiger partial charge on any atom is 0.0957 e. The number of ether oxygens (including phenoxy) is 1. The van der Waals surface area contributed by atoms with Gasteiger partial charge in [0.2, 0.25) is 0 Å². The van der Waals surface area contributed by atoms with Crippen molar-refractivity contribution in [2.45, 2.75) is 44.8 Å². The monoisotopic (exact) mass is 238 g/mol. The van der Waals surface area contributed by atoms with Crippen LogP contribution in [-0.4, -0.2) is 24.2 Å². The van der Waals surface area contributed by atoms with Gasteiger partial charge in [0, 0.05) is 37.4 Å². The quantitative estimate of drug-likeness (QED) is 0.854. The number of thiazole rings is 1.